The van der Waals surface area contributed by atoms with Crippen molar-refractivity contribution >= 4 is 34.2 Å². The van der Waals surface area contributed by atoms with E-state index in [0.717, 1.165) is 41.1 Å². The van der Waals surface area contributed by atoms with Crippen LogP contribution in [0, 0.1) is 0 Å². The molecule has 0 atom stereocenters. The second-order valence-corrected chi connectivity index (χ2v) is 4.76. The molecule has 1 aromatic carbocycles. The Balaban J connectivity index is 2.18. The average molecular weight is 248 g/mol. The molecule has 4 nitrogen and oxygen atoms in total. The van der Waals surface area contributed by atoms with Gasteiger partial charge in [0.2, 0.25) is 0 Å². The molecule has 0 aliphatic heterocycles. The normalized spacial score (nSPS) is 10.6. The summed E-state index contributed by atoms with van der Waals surface area (Å²) in [4.78, 5) is 8.48. The molecule has 0 aliphatic rings. The number of nitrogens with two attached hydrogens (primary N) is 1. The predicted octanol–water partition coefficient (Wildman–Crippen LogP) is 2.38. The zero-order valence-corrected chi connectivity index (χ0v) is 10.6. The van der Waals surface area contributed by atoms with Gasteiger partial charge in [0, 0.05) is 17.6 Å². The smallest absolute Gasteiger partial charge is 0.137 e. The van der Waals surface area contributed by atoms with Crippen molar-refractivity contribution in [2.24, 2.45) is 0 Å². The van der Waals surface area contributed by atoms with Gasteiger partial charge in [0.05, 0.1) is 5.52 Å². The molecule has 0 unspecified atom stereocenters. The van der Waals surface area contributed by atoms with Gasteiger partial charge in [0.1, 0.15) is 12.1 Å². The molecular formula is C12H16N4S. The molecule has 0 bridgehead atoms. The van der Waals surface area contributed by atoms with E-state index in [1.54, 1.807) is 6.33 Å². The Morgan fingerprint density at radius 1 is 1.35 bits per heavy atom. The molecule has 0 aliphatic carbocycles. The minimum Gasteiger partial charge on any atom is -0.399 e. The molecule has 0 saturated heterocycles. The fourth-order valence-corrected chi connectivity index (χ4v) is 2.07. The van der Waals surface area contributed by atoms with Crippen molar-refractivity contribution in [2.75, 3.05) is 29.6 Å². The fraction of sp³-hybridized carbons (Fsp3) is 0.333. The van der Waals surface area contributed by atoms with Crippen LogP contribution in [0.15, 0.2) is 24.5 Å². The second-order valence-electron chi connectivity index (χ2n) is 3.77. The van der Waals surface area contributed by atoms with Crippen LogP contribution in [0.4, 0.5) is 11.5 Å². The Labute approximate surface area is 105 Å². The third-order valence-corrected chi connectivity index (χ3v) is 3.17. The molecule has 90 valence electrons. The van der Waals surface area contributed by atoms with Crippen molar-refractivity contribution in [3.05, 3.63) is 24.5 Å². The molecule has 0 spiro atoms. The highest BCUT2D eigenvalue weighted by Gasteiger charge is 2.03. The maximum Gasteiger partial charge on any atom is 0.137 e. The number of nitrogens with zero attached hydrogens (tertiary/aromatic N) is 2. The first-order valence-corrected chi connectivity index (χ1v) is 6.93. The van der Waals surface area contributed by atoms with Crippen LogP contribution < -0.4 is 11.1 Å². The molecule has 0 fully saturated rings. The number of thioether (sulfide) groups is 1. The summed E-state index contributed by atoms with van der Waals surface area (Å²) in [6, 6.07) is 5.68. The summed E-state index contributed by atoms with van der Waals surface area (Å²) in [7, 11) is 0. The van der Waals surface area contributed by atoms with E-state index in [0.29, 0.717) is 0 Å². The molecule has 0 radical (unpaired) electrons. The van der Waals surface area contributed by atoms with Gasteiger partial charge in [-0.1, -0.05) is 0 Å². The van der Waals surface area contributed by atoms with E-state index in [2.05, 4.69) is 21.5 Å². The summed E-state index contributed by atoms with van der Waals surface area (Å²) in [6.45, 7) is 0.918. The van der Waals surface area contributed by atoms with Gasteiger partial charge >= 0.3 is 0 Å². The number of anilines is 2. The monoisotopic (exact) mass is 248 g/mol. The molecule has 3 N–H and O–H groups in total. The van der Waals surface area contributed by atoms with Crippen molar-refractivity contribution in [1.82, 2.24) is 9.97 Å². The van der Waals surface area contributed by atoms with E-state index in [4.69, 9.17) is 5.73 Å². The minimum atomic E-state index is 0.736. The summed E-state index contributed by atoms with van der Waals surface area (Å²) in [6.07, 6.45) is 4.81. The Morgan fingerprint density at radius 2 is 2.24 bits per heavy atom. The van der Waals surface area contributed by atoms with E-state index >= 15 is 0 Å². The van der Waals surface area contributed by atoms with Gasteiger partial charge in [-0.15, -0.1) is 0 Å². The van der Waals surface area contributed by atoms with Crippen LogP contribution in [0.5, 0.6) is 0 Å². The van der Waals surface area contributed by atoms with Crippen molar-refractivity contribution in [2.45, 2.75) is 6.42 Å². The number of aromatic nitrogens is 2. The lowest BCUT2D eigenvalue weighted by Gasteiger charge is -2.08. The van der Waals surface area contributed by atoms with Gasteiger partial charge in [-0.25, -0.2) is 9.97 Å². The van der Waals surface area contributed by atoms with E-state index in [1.807, 2.05) is 30.0 Å². The quantitative estimate of drug-likeness (QED) is 0.628. The zero-order valence-electron chi connectivity index (χ0n) is 9.81. The number of benzene rings is 1. The Morgan fingerprint density at radius 3 is 3.06 bits per heavy atom. The van der Waals surface area contributed by atoms with Crippen molar-refractivity contribution < 1.29 is 0 Å². The molecule has 1 heterocycles. The number of rotatable bonds is 5. The highest BCUT2D eigenvalue weighted by Crippen LogP contribution is 2.21. The summed E-state index contributed by atoms with van der Waals surface area (Å²) < 4.78 is 0. The molecule has 0 saturated carbocycles. The SMILES string of the molecule is CSCCCNc1ncnc2ccc(N)cc12. The summed E-state index contributed by atoms with van der Waals surface area (Å²) >= 11 is 1.85. The molecule has 17 heavy (non-hydrogen) atoms. The largest absolute Gasteiger partial charge is 0.399 e. The van der Waals surface area contributed by atoms with E-state index in [1.165, 1.54) is 0 Å². The lowest BCUT2D eigenvalue weighted by molar-refractivity contribution is 0.982. The fourth-order valence-electron chi connectivity index (χ4n) is 1.64. The maximum absolute atomic E-state index is 5.78. The van der Waals surface area contributed by atoms with Gasteiger partial charge < -0.3 is 11.1 Å². The Bertz CT molecular complexity index is 501. The number of fused-ring (bicyclic) bond motifs is 1. The van der Waals surface area contributed by atoms with Crippen LogP contribution in [-0.4, -0.2) is 28.5 Å². The molecule has 2 aromatic rings. The van der Waals surface area contributed by atoms with Crippen LogP contribution in [0.3, 0.4) is 0 Å². The van der Waals surface area contributed by atoms with E-state index in [-0.39, 0.29) is 0 Å². The van der Waals surface area contributed by atoms with Gasteiger partial charge in [-0.05, 0) is 36.6 Å². The lowest BCUT2D eigenvalue weighted by Crippen LogP contribution is -2.05. The first-order chi connectivity index (χ1) is 8.31. The second kappa shape index (κ2) is 5.72. The first kappa shape index (κ1) is 12.0. The van der Waals surface area contributed by atoms with Crippen molar-refractivity contribution in [3.63, 3.8) is 0 Å². The van der Waals surface area contributed by atoms with Crippen LogP contribution in [0.25, 0.3) is 10.9 Å². The van der Waals surface area contributed by atoms with Gasteiger partial charge in [-0.2, -0.15) is 11.8 Å². The number of nitrogen functional groups attached to an aromatic ring is 1. The van der Waals surface area contributed by atoms with Crippen LogP contribution >= 0.6 is 11.8 Å². The van der Waals surface area contributed by atoms with E-state index in [9.17, 15) is 0 Å². The standard InChI is InChI=1S/C12H16N4S/c1-17-6-2-5-14-12-10-7-9(13)3-4-11(10)15-8-16-12/h3-4,7-8H,2,5-6,13H2,1H3,(H,14,15,16). The molecule has 1 aromatic heterocycles. The molecule has 0 amide bonds. The first-order valence-electron chi connectivity index (χ1n) is 5.54. The average Bonchev–Trinajstić information content (AvgIpc) is 2.35. The summed E-state index contributed by atoms with van der Waals surface area (Å²) in [5, 5.41) is 4.31. The summed E-state index contributed by atoms with van der Waals surface area (Å²) in [5.41, 5.74) is 7.44. The van der Waals surface area contributed by atoms with Crippen LogP contribution in [0.2, 0.25) is 0 Å². The minimum absolute atomic E-state index is 0.736. The Hall–Kier alpha value is -1.49. The van der Waals surface area contributed by atoms with Crippen molar-refractivity contribution in [3.8, 4) is 0 Å². The highest BCUT2D eigenvalue weighted by atomic mass is 32.2. The summed E-state index contributed by atoms with van der Waals surface area (Å²) in [5.74, 6) is 2.02. The van der Waals surface area contributed by atoms with Gasteiger partial charge in [-0.3, -0.25) is 0 Å². The number of hydrogen-bond donors (Lipinski definition) is 2. The molecular weight excluding hydrogens is 232 g/mol. The number of nitrogens with one attached hydrogen (secondary N) is 1. The lowest BCUT2D eigenvalue weighted by atomic mass is 10.2. The van der Waals surface area contributed by atoms with Crippen LogP contribution in [0.1, 0.15) is 6.42 Å². The van der Waals surface area contributed by atoms with Crippen molar-refractivity contribution in [1.29, 1.82) is 0 Å². The Kier molecular flexibility index (Phi) is 4.03. The third kappa shape index (κ3) is 3.00. The third-order valence-electron chi connectivity index (χ3n) is 2.48. The maximum atomic E-state index is 5.78. The number of hydrogen-bond acceptors (Lipinski definition) is 5. The van der Waals surface area contributed by atoms with Crippen LogP contribution in [-0.2, 0) is 0 Å². The molecule has 5 heteroatoms. The van der Waals surface area contributed by atoms with Gasteiger partial charge in [0.15, 0.2) is 0 Å². The van der Waals surface area contributed by atoms with E-state index < -0.39 is 0 Å². The molecule has 2 rings (SSSR count). The highest BCUT2D eigenvalue weighted by molar-refractivity contribution is 7.98. The predicted molar refractivity (Wildman–Crippen MR) is 75.4 cm³/mol. The topological polar surface area (TPSA) is 63.8 Å². The van der Waals surface area contributed by atoms with Gasteiger partial charge in [0.25, 0.3) is 0 Å². The zero-order chi connectivity index (χ0) is 12.1.